The van der Waals surface area contributed by atoms with Crippen LogP contribution in [-0.2, 0) is 10.9 Å². The Hall–Kier alpha value is -1.24. The minimum absolute atomic E-state index is 0.164. The molecule has 0 saturated heterocycles. The molecule has 3 nitrogen and oxygen atoms in total. The largest absolute Gasteiger partial charge is 0.461 e. The second-order valence-corrected chi connectivity index (χ2v) is 3.91. The van der Waals surface area contributed by atoms with Gasteiger partial charge in [0.25, 0.3) is 0 Å². The molecule has 0 fully saturated rings. The minimum Gasteiger partial charge on any atom is -0.461 e. The maximum absolute atomic E-state index is 12.4. The van der Waals surface area contributed by atoms with Gasteiger partial charge in [0, 0.05) is 5.38 Å². The highest BCUT2D eigenvalue weighted by molar-refractivity contribution is 7.12. The van der Waals surface area contributed by atoms with Gasteiger partial charge in [-0.1, -0.05) is 6.92 Å². The number of anilines is 1. The van der Waals surface area contributed by atoms with Crippen molar-refractivity contribution in [1.82, 2.24) is 0 Å². The zero-order chi connectivity index (χ0) is 12.3. The highest BCUT2D eigenvalue weighted by atomic mass is 32.1. The molecule has 0 unspecified atom stereocenters. The number of hydrogen-bond acceptors (Lipinski definition) is 4. The second-order valence-electron chi connectivity index (χ2n) is 3.03. The van der Waals surface area contributed by atoms with Crippen molar-refractivity contribution in [2.45, 2.75) is 19.5 Å². The topological polar surface area (TPSA) is 52.3 Å². The summed E-state index contributed by atoms with van der Waals surface area (Å²) in [6, 6.07) is 0. The third-order valence-electron chi connectivity index (χ3n) is 1.76. The molecule has 0 aliphatic rings. The molecule has 0 spiro atoms. The minimum atomic E-state index is -4.54. The van der Waals surface area contributed by atoms with E-state index in [2.05, 4.69) is 0 Å². The average Bonchev–Trinajstić information content (AvgIpc) is 2.56. The van der Waals surface area contributed by atoms with Gasteiger partial charge in [0.1, 0.15) is 4.88 Å². The molecular weight excluding hydrogens is 243 g/mol. The van der Waals surface area contributed by atoms with Crippen LogP contribution in [0, 0.1) is 0 Å². The summed E-state index contributed by atoms with van der Waals surface area (Å²) in [5, 5.41) is 0.817. The number of ether oxygens (including phenoxy) is 1. The molecule has 0 saturated carbocycles. The Labute approximate surface area is 94.0 Å². The third-order valence-corrected chi connectivity index (χ3v) is 2.73. The molecule has 1 aromatic rings. The lowest BCUT2D eigenvalue weighted by Crippen LogP contribution is -2.10. The first-order chi connectivity index (χ1) is 7.38. The van der Waals surface area contributed by atoms with Crippen LogP contribution < -0.4 is 5.73 Å². The van der Waals surface area contributed by atoms with E-state index in [1.165, 1.54) is 0 Å². The number of carbonyl (C=O) groups is 1. The predicted molar refractivity (Wildman–Crippen MR) is 54.3 cm³/mol. The molecule has 1 heterocycles. The first kappa shape index (κ1) is 12.8. The van der Waals surface area contributed by atoms with Gasteiger partial charge in [-0.25, -0.2) is 4.79 Å². The summed E-state index contributed by atoms with van der Waals surface area (Å²) >= 11 is 0.642. The Morgan fingerprint density at radius 2 is 2.19 bits per heavy atom. The first-order valence-corrected chi connectivity index (χ1v) is 5.37. The number of rotatable bonds is 3. The Balaban J connectivity index is 2.92. The van der Waals surface area contributed by atoms with Crippen molar-refractivity contribution in [2.24, 2.45) is 0 Å². The molecule has 0 radical (unpaired) electrons. The van der Waals surface area contributed by atoms with Crippen molar-refractivity contribution in [3.05, 3.63) is 15.8 Å². The van der Waals surface area contributed by atoms with Gasteiger partial charge < -0.3 is 10.5 Å². The number of carbonyl (C=O) groups excluding carboxylic acids is 1. The van der Waals surface area contributed by atoms with Crippen molar-refractivity contribution in [2.75, 3.05) is 12.3 Å². The number of halogens is 3. The van der Waals surface area contributed by atoms with Crippen LogP contribution in [-0.4, -0.2) is 12.6 Å². The lowest BCUT2D eigenvalue weighted by Gasteiger charge is -2.05. The van der Waals surface area contributed by atoms with Crippen LogP contribution in [0.15, 0.2) is 5.38 Å². The molecule has 0 bridgehead atoms. The van der Waals surface area contributed by atoms with Crippen molar-refractivity contribution >= 4 is 23.0 Å². The number of nitrogens with two attached hydrogens (primary N) is 1. The fraction of sp³-hybridized carbons (Fsp3) is 0.444. The van der Waals surface area contributed by atoms with Crippen molar-refractivity contribution in [3.63, 3.8) is 0 Å². The summed E-state index contributed by atoms with van der Waals surface area (Å²) in [6.45, 7) is 1.95. The molecule has 0 atom stereocenters. The normalized spacial score (nSPS) is 11.5. The van der Waals surface area contributed by atoms with E-state index in [1.54, 1.807) is 6.92 Å². The monoisotopic (exact) mass is 253 g/mol. The van der Waals surface area contributed by atoms with Gasteiger partial charge in [0.05, 0.1) is 17.9 Å². The maximum Gasteiger partial charge on any atom is 0.419 e. The molecule has 2 N–H and O–H groups in total. The van der Waals surface area contributed by atoms with Gasteiger partial charge in [-0.3, -0.25) is 0 Å². The molecule has 1 rings (SSSR count). The molecule has 90 valence electrons. The summed E-state index contributed by atoms with van der Waals surface area (Å²) < 4.78 is 41.8. The Bertz CT molecular complexity index is 387. The molecule has 0 aliphatic heterocycles. The van der Waals surface area contributed by atoms with E-state index in [-0.39, 0.29) is 11.5 Å². The number of nitrogen functional groups attached to an aromatic ring is 1. The van der Waals surface area contributed by atoms with E-state index in [1.807, 2.05) is 0 Å². The molecule has 1 aromatic heterocycles. The van der Waals surface area contributed by atoms with Crippen molar-refractivity contribution < 1.29 is 22.7 Å². The van der Waals surface area contributed by atoms with Gasteiger partial charge in [-0.2, -0.15) is 13.2 Å². The average molecular weight is 253 g/mol. The summed E-state index contributed by atoms with van der Waals surface area (Å²) in [4.78, 5) is 11.1. The first-order valence-electron chi connectivity index (χ1n) is 4.49. The van der Waals surface area contributed by atoms with E-state index in [9.17, 15) is 18.0 Å². The summed E-state index contributed by atoms with van der Waals surface area (Å²) in [7, 11) is 0. The highest BCUT2D eigenvalue weighted by Gasteiger charge is 2.36. The van der Waals surface area contributed by atoms with Crippen LogP contribution in [0.3, 0.4) is 0 Å². The van der Waals surface area contributed by atoms with Crippen LogP contribution in [0.25, 0.3) is 0 Å². The van der Waals surface area contributed by atoms with E-state index < -0.39 is 23.4 Å². The van der Waals surface area contributed by atoms with Crippen molar-refractivity contribution in [1.29, 1.82) is 0 Å². The number of esters is 1. The zero-order valence-electron chi connectivity index (χ0n) is 8.43. The SMILES string of the molecule is CCCOC(=O)c1scc(C(F)(F)F)c1N. The lowest BCUT2D eigenvalue weighted by molar-refractivity contribution is -0.136. The van der Waals surface area contributed by atoms with Crippen LogP contribution in [0.5, 0.6) is 0 Å². The second kappa shape index (κ2) is 4.73. The van der Waals surface area contributed by atoms with Gasteiger partial charge in [0.15, 0.2) is 0 Å². The number of thiophene rings is 1. The molecule has 0 aromatic carbocycles. The lowest BCUT2D eigenvalue weighted by atomic mass is 10.2. The number of alkyl halides is 3. The van der Waals surface area contributed by atoms with E-state index in [0.717, 1.165) is 5.38 Å². The number of hydrogen-bond donors (Lipinski definition) is 1. The zero-order valence-corrected chi connectivity index (χ0v) is 9.24. The Kier molecular flexibility index (Phi) is 3.79. The highest BCUT2D eigenvalue weighted by Crippen LogP contribution is 2.38. The smallest absolute Gasteiger partial charge is 0.419 e. The Morgan fingerprint density at radius 3 is 2.62 bits per heavy atom. The van der Waals surface area contributed by atoms with E-state index in [0.29, 0.717) is 17.8 Å². The summed E-state index contributed by atoms with van der Waals surface area (Å²) in [5.41, 5.74) is 3.71. The fourth-order valence-electron chi connectivity index (χ4n) is 1.01. The van der Waals surface area contributed by atoms with E-state index in [4.69, 9.17) is 10.5 Å². The van der Waals surface area contributed by atoms with Crippen LogP contribution in [0.4, 0.5) is 18.9 Å². The van der Waals surface area contributed by atoms with Gasteiger partial charge >= 0.3 is 12.1 Å². The molecule has 0 aliphatic carbocycles. The van der Waals surface area contributed by atoms with Crippen molar-refractivity contribution in [3.8, 4) is 0 Å². The van der Waals surface area contributed by atoms with Crippen LogP contribution in [0.1, 0.15) is 28.6 Å². The van der Waals surface area contributed by atoms with Gasteiger partial charge in [-0.15, -0.1) is 11.3 Å². The summed E-state index contributed by atoms with van der Waals surface area (Å²) in [5.74, 6) is -0.806. The molecule has 7 heteroatoms. The maximum atomic E-state index is 12.4. The van der Waals surface area contributed by atoms with Crippen LogP contribution in [0.2, 0.25) is 0 Å². The van der Waals surface area contributed by atoms with E-state index >= 15 is 0 Å². The van der Waals surface area contributed by atoms with Gasteiger partial charge in [0.2, 0.25) is 0 Å². The molecule has 0 amide bonds. The van der Waals surface area contributed by atoms with Crippen LogP contribution >= 0.6 is 11.3 Å². The standard InChI is InChI=1S/C9H10F3NO2S/c1-2-3-15-8(14)7-6(13)5(4-16-7)9(10,11)12/h4H,2-3,13H2,1H3. The fourth-order valence-corrected chi connectivity index (χ4v) is 1.89. The van der Waals surface area contributed by atoms with Gasteiger partial charge in [-0.05, 0) is 6.42 Å². The third kappa shape index (κ3) is 2.66. The quantitative estimate of drug-likeness (QED) is 0.842. The molecular formula is C9H10F3NO2S. The predicted octanol–water partition coefficient (Wildman–Crippen LogP) is 2.92. The Morgan fingerprint density at radius 1 is 1.56 bits per heavy atom. The summed E-state index contributed by atoms with van der Waals surface area (Å²) in [6.07, 6.45) is -3.94. The molecule has 16 heavy (non-hydrogen) atoms.